The summed E-state index contributed by atoms with van der Waals surface area (Å²) in [6.45, 7) is 6.23. The van der Waals surface area contributed by atoms with Crippen molar-refractivity contribution in [1.82, 2.24) is 15.1 Å². The molecule has 0 spiro atoms. The van der Waals surface area contributed by atoms with Crippen molar-refractivity contribution in [1.29, 1.82) is 0 Å². The van der Waals surface area contributed by atoms with Gasteiger partial charge in [-0.05, 0) is 63.0 Å². The van der Waals surface area contributed by atoms with E-state index in [9.17, 15) is 4.79 Å². The molecular formula is C20H32ClN3O2. The van der Waals surface area contributed by atoms with Crippen LogP contribution in [0.15, 0.2) is 24.3 Å². The lowest BCUT2D eigenvalue weighted by molar-refractivity contribution is -0.133. The molecule has 0 bridgehead atoms. The van der Waals surface area contributed by atoms with Crippen molar-refractivity contribution in [2.75, 3.05) is 46.4 Å². The first kappa shape index (κ1) is 21.0. The van der Waals surface area contributed by atoms with Gasteiger partial charge in [-0.15, -0.1) is 12.4 Å². The number of ether oxygens (including phenoxy) is 1. The summed E-state index contributed by atoms with van der Waals surface area (Å²) in [5.41, 5.74) is 1.19. The lowest BCUT2D eigenvalue weighted by atomic mass is 10.1. The van der Waals surface area contributed by atoms with Crippen LogP contribution in [-0.2, 0) is 11.2 Å². The summed E-state index contributed by atoms with van der Waals surface area (Å²) >= 11 is 0. The van der Waals surface area contributed by atoms with Crippen molar-refractivity contribution < 1.29 is 9.53 Å². The SMILES string of the molecule is COc1ccc(CCC(=O)N(CCN2CCCC2)C2CCNC2)cc1.Cl. The first-order valence-corrected chi connectivity index (χ1v) is 9.62. The summed E-state index contributed by atoms with van der Waals surface area (Å²) in [5, 5.41) is 3.40. The number of halogens is 1. The molecule has 2 fully saturated rings. The van der Waals surface area contributed by atoms with Gasteiger partial charge < -0.3 is 19.9 Å². The third-order valence-corrected chi connectivity index (χ3v) is 5.44. The van der Waals surface area contributed by atoms with Gasteiger partial charge in [0.2, 0.25) is 5.91 Å². The van der Waals surface area contributed by atoms with Crippen LogP contribution in [0.25, 0.3) is 0 Å². The molecule has 0 aliphatic carbocycles. The van der Waals surface area contributed by atoms with E-state index in [0.29, 0.717) is 18.4 Å². The van der Waals surface area contributed by atoms with Gasteiger partial charge in [-0.1, -0.05) is 12.1 Å². The predicted molar refractivity (Wildman–Crippen MR) is 107 cm³/mol. The van der Waals surface area contributed by atoms with Crippen molar-refractivity contribution in [2.45, 2.75) is 38.1 Å². The summed E-state index contributed by atoms with van der Waals surface area (Å²) in [4.78, 5) is 17.5. The number of hydrogen-bond donors (Lipinski definition) is 1. The average molecular weight is 382 g/mol. The average Bonchev–Trinajstić information content (AvgIpc) is 3.34. The largest absolute Gasteiger partial charge is 0.497 e. The molecular weight excluding hydrogens is 350 g/mol. The smallest absolute Gasteiger partial charge is 0.223 e. The van der Waals surface area contributed by atoms with Crippen molar-refractivity contribution in [3.63, 3.8) is 0 Å². The van der Waals surface area contributed by atoms with Gasteiger partial charge >= 0.3 is 0 Å². The summed E-state index contributed by atoms with van der Waals surface area (Å²) in [7, 11) is 1.67. The summed E-state index contributed by atoms with van der Waals surface area (Å²) in [5.74, 6) is 1.16. The van der Waals surface area contributed by atoms with Gasteiger partial charge in [0.05, 0.1) is 7.11 Å². The van der Waals surface area contributed by atoms with E-state index in [-0.39, 0.29) is 12.4 Å². The summed E-state index contributed by atoms with van der Waals surface area (Å²) in [6.07, 6.45) is 5.06. The van der Waals surface area contributed by atoms with E-state index in [0.717, 1.165) is 44.8 Å². The molecule has 1 atom stereocenters. The molecule has 2 saturated heterocycles. The number of benzene rings is 1. The number of amides is 1. The number of hydrogen-bond acceptors (Lipinski definition) is 4. The second-order valence-electron chi connectivity index (χ2n) is 7.13. The molecule has 5 nitrogen and oxygen atoms in total. The van der Waals surface area contributed by atoms with Gasteiger partial charge in [-0.2, -0.15) is 0 Å². The number of likely N-dealkylation sites (tertiary alicyclic amines) is 1. The van der Waals surface area contributed by atoms with E-state index in [1.807, 2.05) is 12.1 Å². The Bertz CT molecular complexity index is 540. The number of carbonyl (C=O) groups excluding carboxylic acids is 1. The molecule has 1 unspecified atom stereocenters. The van der Waals surface area contributed by atoms with Crippen molar-refractivity contribution in [3.05, 3.63) is 29.8 Å². The van der Waals surface area contributed by atoms with Crippen LogP contribution in [0.3, 0.4) is 0 Å². The molecule has 0 aromatic heterocycles. The Morgan fingerprint density at radius 3 is 2.62 bits per heavy atom. The van der Waals surface area contributed by atoms with E-state index in [2.05, 4.69) is 27.2 Å². The van der Waals surface area contributed by atoms with Gasteiger partial charge in [0, 0.05) is 32.1 Å². The van der Waals surface area contributed by atoms with Crippen LogP contribution in [0.2, 0.25) is 0 Å². The number of rotatable bonds is 8. The van der Waals surface area contributed by atoms with E-state index < -0.39 is 0 Å². The number of aryl methyl sites for hydroxylation is 1. The molecule has 2 heterocycles. The third kappa shape index (κ3) is 5.86. The topological polar surface area (TPSA) is 44.8 Å². The van der Waals surface area contributed by atoms with Crippen molar-refractivity contribution in [3.8, 4) is 5.75 Å². The minimum absolute atomic E-state index is 0. The van der Waals surface area contributed by atoms with Gasteiger partial charge in [-0.3, -0.25) is 4.79 Å². The van der Waals surface area contributed by atoms with Crippen LogP contribution in [0.4, 0.5) is 0 Å². The minimum atomic E-state index is 0. The predicted octanol–water partition coefficient (Wildman–Crippen LogP) is 2.34. The normalized spacial score (nSPS) is 20.0. The number of carbonyl (C=O) groups is 1. The highest BCUT2D eigenvalue weighted by Crippen LogP contribution is 2.16. The molecule has 3 rings (SSSR count). The van der Waals surface area contributed by atoms with E-state index in [4.69, 9.17) is 4.74 Å². The fraction of sp³-hybridized carbons (Fsp3) is 0.650. The van der Waals surface area contributed by atoms with Crippen LogP contribution in [0.1, 0.15) is 31.2 Å². The van der Waals surface area contributed by atoms with Crippen LogP contribution in [-0.4, -0.2) is 68.1 Å². The maximum Gasteiger partial charge on any atom is 0.223 e. The summed E-state index contributed by atoms with van der Waals surface area (Å²) < 4.78 is 5.19. The van der Waals surface area contributed by atoms with Crippen LogP contribution >= 0.6 is 12.4 Å². The van der Waals surface area contributed by atoms with Crippen molar-refractivity contribution in [2.24, 2.45) is 0 Å². The van der Waals surface area contributed by atoms with Gasteiger partial charge in [-0.25, -0.2) is 0 Å². The third-order valence-electron chi connectivity index (χ3n) is 5.44. The lowest BCUT2D eigenvalue weighted by Gasteiger charge is -2.30. The molecule has 0 saturated carbocycles. The molecule has 2 aliphatic rings. The highest BCUT2D eigenvalue weighted by molar-refractivity contribution is 5.85. The van der Waals surface area contributed by atoms with Gasteiger partial charge in [0.1, 0.15) is 5.75 Å². The Balaban J connectivity index is 0.00000243. The Labute approximate surface area is 163 Å². The molecule has 1 aromatic rings. The quantitative estimate of drug-likeness (QED) is 0.750. The first-order chi connectivity index (χ1) is 12.3. The molecule has 1 amide bonds. The van der Waals surface area contributed by atoms with Crippen LogP contribution in [0, 0.1) is 0 Å². The number of methoxy groups -OCH3 is 1. The van der Waals surface area contributed by atoms with Crippen molar-refractivity contribution >= 4 is 18.3 Å². The van der Waals surface area contributed by atoms with E-state index >= 15 is 0 Å². The Kier molecular flexibility index (Phi) is 8.69. The fourth-order valence-electron chi connectivity index (χ4n) is 3.86. The zero-order valence-electron chi connectivity index (χ0n) is 15.8. The van der Waals surface area contributed by atoms with E-state index in [1.54, 1.807) is 7.11 Å². The maximum absolute atomic E-state index is 12.9. The molecule has 146 valence electrons. The highest BCUT2D eigenvalue weighted by Gasteiger charge is 2.26. The van der Waals surface area contributed by atoms with Gasteiger partial charge in [0.25, 0.3) is 0 Å². The Hall–Kier alpha value is -1.30. The minimum Gasteiger partial charge on any atom is -0.497 e. The second-order valence-corrected chi connectivity index (χ2v) is 7.13. The summed E-state index contributed by atoms with van der Waals surface area (Å²) in [6, 6.07) is 8.40. The number of nitrogens with zero attached hydrogens (tertiary/aromatic N) is 2. The molecule has 26 heavy (non-hydrogen) atoms. The van der Waals surface area contributed by atoms with Gasteiger partial charge in [0.15, 0.2) is 0 Å². The Morgan fingerprint density at radius 2 is 2.00 bits per heavy atom. The highest BCUT2D eigenvalue weighted by atomic mass is 35.5. The molecule has 2 aliphatic heterocycles. The lowest BCUT2D eigenvalue weighted by Crippen LogP contribution is -2.45. The van der Waals surface area contributed by atoms with Crippen LogP contribution < -0.4 is 10.1 Å². The molecule has 1 N–H and O–H groups in total. The molecule has 1 aromatic carbocycles. The fourth-order valence-corrected chi connectivity index (χ4v) is 3.86. The standard InChI is InChI=1S/C20H31N3O2.ClH/c1-25-19-7-4-17(5-8-19)6-9-20(24)23(18-10-11-21-16-18)15-14-22-12-2-3-13-22;/h4-5,7-8,18,21H,2-3,6,9-16H2,1H3;1H. The zero-order valence-corrected chi connectivity index (χ0v) is 16.6. The van der Waals surface area contributed by atoms with Crippen LogP contribution in [0.5, 0.6) is 5.75 Å². The monoisotopic (exact) mass is 381 g/mol. The molecule has 6 heteroatoms. The van der Waals surface area contributed by atoms with E-state index in [1.165, 1.54) is 31.5 Å². The molecule has 0 radical (unpaired) electrons. The zero-order chi connectivity index (χ0) is 17.5. The maximum atomic E-state index is 12.9. The first-order valence-electron chi connectivity index (χ1n) is 9.62. The number of nitrogens with one attached hydrogen (secondary N) is 1. The second kappa shape index (κ2) is 10.8. The Morgan fingerprint density at radius 1 is 1.27 bits per heavy atom.